The Kier molecular flexibility index (Phi) is 7.38. The molecule has 11 heteroatoms. The predicted octanol–water partition coefficient (Wildman–Crippen LogP) is 2.16. The van der Waals surface area contributed by atoms with Crippen molar-refractivity contribution in [3.8, 4) is 0 Å². The first kappa shape index (κ1) is 25.4. The minimum absolute atomic E-state index is 0.112. The van der Waals surface area contributed by atoms with Crippen molar-refractivity contribution < 1.29 is 19.7 Å². The highest BCUT2D eigenvalue weighted by molar-refractivity contribution is 5.89. The molecule has 38 heavy (non-hydrogen) atoms. The Bertz CT molecular complexity index is 1400. The number of benzene rings is 2. The number of carbonyl (C=O) groups excluding carboxylic acids is 1. The molecule has 2 atom stereocenters. The van der Waals surface area contributed by atoms with Crippen LogP contribution in [0, 0.1) is 6.92 Å². The number of esters is 1. The number of aliphatic hydroxyl groups is 2. The molecule has 0 saturated carbocycles. The summed E-state index contributed by atoms with van der Waals surface area (Å²) >= 11 is 0. The van der Waals surface area contributed by atoms with Gasteiger partial charge in [0, 0.05) is 36.1 Å². The molecule has 0 fully saturated rings. The molecule has 0 saturated heterocycles. The molecule has 0 unspecified atom stereocenters. The SMILES string of the molecule is COC(=O)[C@@H]1Cc2c([nH]c3ccccc23)[C@@H](c2ccc(C)cc2)N1c1nc(NCCO)nc(NCCO)n1. The first-order valence-electron chi connectivity index (χ1n) is 12.5. The molecule has 4 aromatic rings. The van der Waals surface area contributed by atoms with Gasteiger partial charge in [-0.2, -0.15) is 15.0 Å². The Morgan fingerprint density at radius 2 is 1.68 bits per heavy atom. The van der Waals surface area contributed by atoms with E-state index in [2.05, 4.69) is 36.6 Å². The highest BCUT2D eigenvalue weighted by Crippen LogP contribution is 2.43. The van der Waals surface area contributed by atoms with E-state index in [1.165, 1.54) is 7.11 Å². The third-order valence-corrected chi connectivity index (χ3v) is 6.64. The normalized spacial score (nSPS) is 16.8. The summed E-state index contributed by atoms with van der Waals surface area (Å²) in [5, 5.41) is 25.7. The van der Waals surface area contributed by atoms with E-state index in [-0.39, 0.29) is 44.1 Å². The van der Waals surface area contributed by atoms with Crippen LogP contribution in [0.5, 0.6) is 0 Å². The minimum atomic E-state index is -0.725. The number of aromatic nitrogens is 4. The van der Waals surface area contributed by atoms with Gasteiger partial charge in [-0.05, 0) is 24.1 Å². The lowest BCUT2D eigenvalue weighted by Crippen LogP contribution is -2.50. The fourth-order valence-corrected chi connectivity index (χ4v) is 4.92. The van der Waals surface area contributed by atoms with E-state index in [9.17, 15) is 15.0 Å². The van der Waals surface area contributed by atoms with Gasteiger partial charge in [-0.1, -0.05) is 48.0 Å². The molecule has 198 valence electrons. The van der Waals surface area contributed by atoms with E-state index in [1.54, 1.807) is 0 Å². The molecule has 5 rings (SSSR count). The summed E-state index contributed by atoms with van der Waals surface area (Å²) in [6, 6.07) is 15.0. The first-order chi connectivity index (χ1) is 18.5. The molecule has 11 nitrogen and oxygen atoms in total. The number of ether oxygens (including phenoxy) is 1. The zero-order valence-corrected chi connectivity index (χ0v) is 21.3. The van der Waals surface area contributed by atoms with Crippen molar-refractivity contribution >= 4 is 34.7 Å². The van der Waals surface area contributed by atoms with Crippen LogP contribution in [-0.2, 0) is 16.0 Å². The summed E-state index contributed by atoms with van der Waals surface area (Å²) < 4.78 is 5.28. The molecule has 0 bridgehead atoms. The molecule has 0 spiro atoms. The second kappa shape index (κ2) is 11.0. The van der Waals surface area contributed by atoms with E-state index in [1.807, 2.05) is 54.3 Å². The topological polar surface area (TPSA) is 149 Å². The number of fused-ring (bicyclic) bond motifs is 3. The summed E-state index contributed by atoms with van der Waals surface area (Å²) in [6.45, 7) is 2.27. The van der Waals surface area contributed by atoms with Gasteiger partial charge < -0.3 is 35.5 Å². The summed E-state index contributed by atoms with van der Waals surface area (Å²) in [5.74, 6) is 0.316. The molecular weight excluding hydrogens is 486 g/mol. The van der Waals surface area contributed by atoms with Gasteiger partial charge in [0.1, 0.15) is 6.04 Å². The number of hydrogen-bond donors (Lipinski definition) is 5. The zero-order valence-electron chi connectivity index (χ0n) is 21.3. The lowest BCUT2D eigenvalue weighted by Gasteiger charge is -2.41. The molecule has 2 aromatic carbocycles. The number of para-hydroxylation sites is 1. The number of carbonyl (C=O) groups is 1. The highest BCUT2D eigenvalue weighted by atomic mass is 16.5. The van der Waals surface area contributed by atoms with Gasteiger partial charge in [0.15, 0.2) is 0 Å². The maximum atomic E-state index is 13.3. The summed E-state index contributed by atoms with van der Waals surface area (Å²) in [5.41, 5.74) is 5.04. The smallest absolute Gasteiger partial charge is 0.328 e. The largest absolute Gasteiger partial charge is 0.467 e. The second-order valence-corrected chi connectivity index (χ2v) is 9.11. The van der Waals surface area contributed by atoms with Gasteiger partial charge in [0.25, 0.3) is 0 Å². The van der Waals surface area contributed by atoms with Crippen molar-refractivity contribution in [3.63, 3.8) is 0 Å². The Morgan fingerprint density at radius 1 is 1.03 bits per heavy atom. The Morgan fingerprint density at radius 3 is 2.32 bits per heavy atom. The van der Waals surface area contributed by atoms with Crippen LogP contribution < -0.4 is 15.5 Å². The molecule has 3 heterocycles. The average molecular weight is 518 g/mol. The number of hydrogen-bond acceptors (Lipinski definition) is 10. The maximum absolute atomic E-state index is 13.3. The fourth-order valence-electron chi connectivity index (χ4n) is 4.92. The van der Waals surface area contributed by atoms with Gasteiger partial charge >= 0.3 is 5.97 Å². The summed E-state index contributed by atoms with van der Waals surface area (Å²) in [7, 11) is 1.38. The van der Waals surface area contributed by atoms with Crippen LogP contribution in [0.2, 0.25) is 0 Å². The number of H-pyrrole nitrogens is 1. The number of aryl methyl sites for hydroxylation is 1. The number of methoxy groups -OCH3 is 1. The van der Waals surface area contributed by atoms with E-state index < -0.39 is 18.1 Å². The summed E-state index contributed by atoms with van der Waals surface area (Å²) in [6.07, 6.45) is 0.388. The maximum Gasteiger partial charge on any atom is 0.328 e. The molecule has 2 aromatic heterocycles. The molecule has 0 aliphatic carbocycles. The second-order valence-electron chi connectivity index (χ2n) is 9.11. The van der Waals surface area contributed by atoms with Crippen LogP contribution in [0.3, 0.4) is 0 Å². The number of anilines is 3. The monoisotopic (exact) mass is 517 g/mol. The first-order valence-corrected chi connectivity index (χ1v) is 12.5. The third kappa shape index (κ3) is 4.85. The molecule has 0 radical (unpaired) electrons. The van der Waals surface area contributed by atoms with Crippen molar-refractivity contribution in [2.45, 2.75) is 25.4 Å². The average Bonchev–Trinajstić information content (AvgIpc) is 3.32. The highest BCUT2D eigenvalue weighted by Gasteiger charge is 2.43. The van der Waals surface area contributed by atoms with Crippen molar-refractivity contribution in [2.24, 2.45) is 0 Å². The molecule has 1 aliphatic heterocycles. The number of rotatable bonds is 9. The summed E-state index contributed by atoms with van der Waals surface area (Å²) in [4.78, 5) is 32.4. The van der Waals surface area contributed by atoms with Gasteiger partial charge in [-0.25, -0.2) is 4.79 Å². The van der Waals surface area contributed by atoms with Crippen molar-refractivity contribution in [3.05, 3.63) is 70.9 Å². The number of nitrogens with one attached hydrogen (secondary N) is 3. The number of aromatic amines is 1. The predicted molar refractivity (Wildman–Crippen MR) is 144 cm³/mol. The van der Waals surface area contributed by atoms with Gasteiger partial charge in [-0.3, -0.25) is 0 Å². The Labute approximate surface area is 219 Å². The van der Waals surface area contributed by atoms with Crippen LogP contribution in [0.15, 0.2) is 48.5 Å². The molecule has 5 N–H and O–H groups in total. The van der Waals surface area contributed by atoms with E-state index >= 15 is 0 Å². The van der Waals surface area contributed by atoms with E-state index in [4.69, 9.17) is 4.74 Å². The number of aliphatic hydroxyl groups excluding tert-OH is 2. The van der Waals surface area contributed by atoms with Gasteiger partial charge in [0.05, 0.1) is 26.4 Å². The van der Waals surface area contributed by atoms with Crippen LogP contribution in [0.1, 0.15) is 28.4 Å². The van der Waals surface area contributed by atoms with Crippen LogP contribution in [-0.4, -0.2) is 75.6 Å². The van der Waals surface area contributed by atoms with Crippen molar-refractivity contribution in [2.75, 3.05) is 48.9 Å². The van der Waals surface area contributed by atoms with Crippen LogP contribution >= 0.6 is 0 Å². The quantitative estimate of drug-likeness (QED) is 0.209. The van der Waals surface area contributed by atoms with E-state index in [0.29, 0.717) is 6.42 Å². The van der Waals surface area contributed by atoms with Crippen molar-refractivity contribution in [1.82, 2.24) is 19.9 Å². The van der Waals surface area contributed by atoms with E-state index in [0.717, 1.165) is 33.3 Å². The fraction of sp³-hybridized carbons (Fsp3) is 0.333. The molecular formula is C27H31N7O4. The third-order valence-electron chi connectivity index (χ3n) is 6.64. The van der Waals surface area contributed by atoms with Crippen LogP contribution in [0.25, 0.3) is 10.9 Å². The lowest BCUT2D eigenvalue weighted by molar-refractivity contribution is -0.142. The van der Waals surface area contributed by atoms with Gasteiger partial charge in [-0.15, -0.1) is 0 Å². The number of nitrogens with zero attached hydrogens (tertiary/aromatic N) is 4. The van der Waals surface area contributed by atoms with Crippen LogP contribution in [0.4, 0.5) is 17.8 Å². The Balaban J connectivity index is 1.74. The standard InChI is InChI=1S/C27H31N7O4/c1-16-7-9-17(10-8-16)23-22-19(18-5-3-4-6-20(18)30-22)15-21(24(37)38-2)34(23)27-32-25(28-11-13-35)31-26(33-27)29-12-14-36/h3-10,21,23,30,35-36H,11-15H2,1-2H3,(H2,28,29,31,32,33)/t21-,23+/m0/s1. The minimum Gasteiger partial charge on any atom is -0.467 e. The Hall–Kier alpha value is -4.22. The lowest BCUT2D eigenvalue weighted by atomic mass is 9.88. The molecule has 1 aliphatic rings. The van der Waals surface area contributed by atoms with Crippen molar-refractivity contribution in [1.29, 1.82) is 0 Å². The zero-order chi connectivity index (χ0) is 26.6. The molecule has 0 amide bonds. The van der Waals surface area contributed by atoms with Gasteiger partial charge in [0.2, 0.25) is 17.8 Å².